The molecule has 0 spiro atoms. The molecule has 1 atom stereocenters. The Kier molecular flexibility index (Phi) is 3.74. The van der Waals surface area contributed by atoms with Crippen LogP contribution in [0.5, 0.6) is 0 Å². The number of carboxylic acids is 1. The predicted molar refractivity (Wildman–Crippen MR) is 72.0 cm³/mol. The van der Waals surface area contributed by atoms with Crippen LogP contribution in [0.25, 0.3) is 0 Å². The van der Waals surface area contributed by atoms with Crippen LogP contribution in [0.1, 0.15) is 26.2 Å². The Hall–Kier alpha value is -2.04. The Labute approximate surface area is 112 Å². The molecule has 102 valence electrons. The maximum absolute atomic E-state index is 11.9. The lowest BCUT2D eigenvalue weighted by atomic mass is 9.90. The second-order valence-corrected chi connectivity index (χ2v) is 4.85. The molecule has 0 bridgehead atoms. The Morgan fingerprint density at radius 2 is 1.95 bits per heavy atom. The van der Waals surface area contributed by atoms with Gasteiger partial charge in [-0.15, -0.1) is 0 Å². The molecule has 0 aliphatic heterocycles. The predicted octanol–water partition coefficient (Wildman–Crippen LogP) is 2.45. The van der Waals surface area contributed by atoms with Crippen LogP contribution in [-0.4, -0.2) is 22.6 Å². The van der Waals surface area contributed by atoms with Gasteiger partial charge in [0.15, 0.2) is 0 Å². The third-order valence-electron chi connectivity index (χ3n) is 3.58. The van der Waals surface area contributed by atoms with E-state index in [1.807, 2.05) is 6.07 Å². The van der Waals surface area contributed by atoms with Crippen molar-refractivity contribution >= 4 is 17.7 Å². The van der Waals surface area contributed by atoms with E-state index in [0.29, 0.717) is 12.1 Å². The quantitative estimate of drug-likeness (QED) is 0.762. The van der Waals surface area contributed by atoms with Crippen LogP contribution in [-0.2, 0) is 4.79 Å². The molecule has 5 heteroatoms. The number of amides is 2. The number of anilines is 1. The molecule has 1 saturated carbocycles. The van der Waals surface area contributed by atoms with Crippen LogP contribution in [0.3, 0.4) is 0 Å². The molecular formula is C14H18N2O3. The summed E-state index contributed by atoms with van der Waals surface area (Å²) in [5.41, 5.74) is -0.495. The SMILES string of the molecule is CCC(NC(=O)Nc1ccccc1)(C(=O)O)C1CC1. The Morgan fingerprint density at radius 3 is 2.42 bits per heavy atom. The molecule has 2 rings (SSSR count). The number of hydrogen-bond donors (Lipinski definition) is 3. The topological polar surface area (TPSA) is 78.4 Å². The third kappa shape index (κ3) is 2.86. The lowest BCUT2D eigenvalue weighted by Crippen LogP contribution is -2.57. The fraction of sp³-hybridized carbons (Fsp3) is 0.429. The second kappa shape index (κ2) is 5.30. The summed E-state index contributed by atoms with van der Waals surface area (Å²) in [4.78, 5) is 23.4. The molecule has 1 aliphatic rings. The van der Waals surface area contributed by atoms with Gasteiger partial charge in [0.05, 0.1) is 0 Å². The van der Waals surface area contributed by atoms with Gasteiger partial charge in [0.25, 0.3) is 0 Å². The number of benzene rings is 1. The molecule has 1 aliphatic carbocycles. The van der Waals surface area contributed by atoms with E-state index >= 15 is 0 Å². The number of nitrogens with one attached hydrogen (secondary N) is 2. The third-order valence-corrected chi connectivity index (χ3v) is 3.58. The highest BCUT2D eigenvalue weighted by Crippen LogP contribution is 2.41. The molecule has 0 aromatic heterocycles. The van der Waals surface area contributed by atoms with E-state index in [4.69, 9.17) is 0 Å². The van der Waals surface area contributed by atoms with Crippen LogP contribution in [0, 0.1) is 5.92 Å². The monoisotopic (exact) mass is 262 g/mol. The zero-order valence-corrected chi connectivity index (χ0v) is 10.8. The summed E-state index contributed by atoms with van der Waals surface area (Å²) in [6.07, 6.45) is 2.09. The van der Waals surface area contributed by atoms with Crippen LogP contribution >= 0.6 is 0 Å². The smallest absolute Gasteiger partial charge is 0.329 e. The van der Waals surface area contributed by atoms with Gasteiger partial charge in [0.1, 0.15) is 5.54 Å². The van der Waals surface area contributed by atoms with Crippen molar-refractivity contribution in [3.05, 3.63) is 30.3 Å². The molecule has 0 radical (unpaired) electrons. The van der Waals surface area contributed by atoms with Crippen LogP contribution < -0.4 is 10.6 Å². The summed E-state index contributed by atoms with van der Waals surface area (Å²) in [6, 6.07) is 8.50. The first-order chi connectivity index (χ1) is 9.08. The Bertz CT molecular complexity index is 471. The van der Waals surface area contributed by atoms with E-state index in [0.717, 1.165) is 12.8 Å². The molecule has 19 heavy (non-hydrogen) atoms. The summed E-state index contributed by atoms with van der Waals surface area (Å²) in [7, 11) is 0. The van der Waals surface area contributed by atoms with Crippen molar-refractivity contribution in [2.24, 2.45) is 5.92 Å². The number of hydrogen-bond acceptors (Lipinski definition) is 2. The normalized spacial score (nSPS) is 17.3. The molecule has 0 saturated heterocycles. The lowest BCUT2D eigenvalue weighted by molar-refractivity contribution is -0.145. The van der Waals surface area contributed by atoms with Gasteiger partial charge in [-0.3, -0.25) is 0 Å². The van der Waals surface area contributed by atoms with Crippen molar-refractivity contribution < 1.29 is 14.7 Å². The van der Waals surface area contributed by atoms with Gasteiger partial charge in [0.2, 0.25) is 0 Å². The summed E-state index contributed by atoms with van der Waals surface area (Å²) < 4.78 is 0. The van der Waals surface area contributed by atoms with Crippen LogP contribution in [0.4, 0.5) is 10.5 Å². The number of carbonyl (C=O) groups excluding carboxylic acids is 1. The van der Waals surface area contributed by atoms with Crippen molar-refractivity contribution in [1.82, 2.24) is 5.32 Å². The van der Waals surface area contributed by atoms with Crippen molar-refractivity contribution in [3.63, 3.8) is 0 Å². The van der Waals surface area contributed by atoms with Gasteiger partial charge < -0.3 is 15.7 Å². The molecule has 3 N–H and O–H groups in total. The molecule has 1 unspecified atom stereocenters. The van der Waals surface area contributed by atoms with Crippen molar-refractivity contribution in [3.8, 4) is 0 Å². The van der Waals surface area contributed by atoms with Gasteiger partial charge in [-0.05, 0) is 37.3 Å². The largest absolute Gasteiger partial charge is 0.479 e. The van der Waals surface area contributed by atoms with Crippen LogP contribution in [0.2, 0.25) is 0 Å². The zero-order chi connectivity index (χ0) is 13.9. The van der Waals surface area contributed by atoms with Gasteiger partial charge in [-0.25, -0.2) is 9.59 Å². The van der Waals surface area contributed by atoms with Gasteiger partial charge >= 0.3 is 12.0 Å². The number of aliphatic carboxylic acids is 1. The van der Waals surface area contributed by atoms with Crippen LogP contribution in [0.15, 0.2) is 30.3 Å². The Morgan fingerprint density at radius 1 is 1.32 bits per heavy atom. The average Bonchev–Trinajstić information content (AvgIpc) is 3.21. The second-order valence-electron chi connectivity index (χ2n) is 4.85. The highest BCUT2D eigenvalue weighted by atomic mass is 16.4. The summed E-state index contributed by atoms with van der Waals surface area (Å²) in [5.74, 6) is -0.919. The standard InChI is InChI=1S/C14H18N2O3/c1-2-14(12(17)18,10-8-9-10)16-13(19)15-11-6-4-3-5-7-11/h3-7,10H,2,8-9H2,1H3,(H,17,18)(H2,15,16,19). The number of rotatable bonds is 5. The number of carboxylic acid groups (broad SMARTS) is 1. The van der Waals surface area contributed by atoms with Gasteiger partial charge in [-0.2, -0.15) is 0 Å². The number of para-hydroxylation sites is 1. The van der Waals surface area contributed by atoms with Gasteiger partial charge in [-0.1, -0.05) is 25.1 Å². The first-order valence-corrected chi connectivity index (χ1v) is 6.46. The van der Waals surface area contributed by atoms with Gasteiger partial charge in [0, 0.05) is 5.69 Å². The first kappa shape index (κ1) is 13.4. The fourth-order valence-electron chi connectivity index (χ4n) is 2.32. The molecule has 1 aromatic carbocycles. The molecular weight excluding hydrogens is 244 g/mol. The van der Waals surface area contributed by atoms with E-state index in [2.05, 4.69) is 10.6 Å². The number of urea groups is 1. The summed E-state index contributed by atoms with van der Waals surface area (Å²) in [6.45, 7) is 1.79. The minimum absolute atomic E-state index is 0.0384. The zero-order valence-electron chi connectivity index (χ0n) is 10.8. The maximum Gasteiger partial charge on any atom is 0.329 e. The van der Waals surface area contributed by atoms with Crippen molar-refractivity contribution in [1.29, 1.82) is 0 Å². The minimum atomic E-state index is -1.14. The van der Waals surface area contributed by atoms with E-state index < -0.39 is 17.5 Å². The molecule has 0 heterocycles. The highest BCUT2D eigenvalue weighted by molar-refractivity contribution is 5.94. The first-order valence-electron chi connectivity index (χ1n) is 6.46. The summed E-state index contributed by atoms with van der Waals surface area (Å²) in [5, 5.41) is 14.7. The van der Waals surface area contributed by atoms with Crippen molar-refractivity contribution in [2.45, 2.75) is 31.7 Å². The molecule has 2 amide bonds. The van der Waals surface area contributed by atoms with E-state index in [9.17, 15) is 14.7 Å². The van der Waals surface area contributed by atoms with E-state index in [1.54, 1.807) is 31.2 Å². The number of carbonyl (C=O) groups is 2. The summed E-state index contributed by atoms with van der Waals surface area (Å²) >= 11 is 0. The maximum atomic E-state index is 11.9. The van der Waals surface area contributed by atoms with E-state index in [1.165, 1.54) is 0 Å². The molecule has 1 aromatic rings. The molecule has 5 nitrogen and oxygen atoms in total. The van der Waals surface area contributed by atoms with Crippen molar-refractivity contribution in [2.75, 3.05) is 5.32 Å². The Balaban J connectivity index is 2.05. The average molecular weight is 262 g/mol. The minimum Gasteiger partial charge on any atom is -0.479 e. The highest BCUT2D eigenvalue weighted by Gasteiger charge is 2.51. The van der Waals surface area contributed by atoms with E-state index in [-0.39, 0.29) is 5.92 Å². The molecule has 1 fully saturated rings. The fourth-order valence-corrected chi connectivity index (χ4v) is 2.32. The lowest BCUT2D eigenvalue weighted by Gasteiger charge is -2.29.